The molecule has 1 aromatic rings. The van der Waals surface area contributed by atoms with Gasteiger partial charge in [-0.25, -0.2) is 4.79 Å². The van der Waals surface area contributed by atoms with Crippen molar-refractivity contribution < 1.29 is 44.7 Å². The van der Waals surface area contributed by atoms with Crippen molar-refractivity contribution in [2.75, 3.05) is 26.9 Å². The van der Waals surface area contributed by atoms with Crippen molar-refractivity contribution in [3.8, 4) is 11.5 Å². The number of nitrogens with one attached hydrogen (secondary N) is 3. The Bertz CT molecular complexity index is 1050. The molecule has 3 amide bonds. The van der Waals surface area contributed by atoms with Crippen LogP contribution in [0.5, 0.6) is 11.5 Å². The predicted octanol–water partition coefficient (Wildman–Crippen LogP) is 1.06. The van der Waals surface area contributed by atoms with E-state index in [1.54, 1.807) is 33.8 Å². The zero-order chi connectivity index (χ0) is 29.5. The first-order chi connectivity index (χ1) is 18.4. The Kier molecular flexibility index (Phi) is 13.2. The Morgan fingerprint density at radius 3 is 2.39 bits per heavy atom. The van der Waals surface area contributed by atoms with Crippen LogP contribution in [0.4, 0.5) is 0 Å². The molecule has 0 aliphatic heterocycles. The Hall–Kier alpha value is -4.09. The van der Waals surface area contributed by atoms with Crippen molar-refractivity contribution in [2.45, 2.75) is 52.6 Å². The van der Waals surface area contributed by atoms with E-state index in [0.29, 0.717) is 10.9 Å². The van der Waals surface area contributed by atoms with Crippen LogP contribution in [-0.4, -0.2) is 73.7 Å². The molecule has 4 N–H and O–H groups in total. The standard InChI is InChI=1S/C26H37N3O9/c1-6-37-23(33)13-10-18(26(35)38-7-2)28-25(34)24(16(3)4)29-22(32)15-27-21(31)12-9-17-8-11-19(30)20(14-17)36-5/h8-9,11-12,14,16,18,24,30H,6-7,10,13,15H2,1-5H3,(H,27,31)(H,28,34)(H,29,32)/b12-9+/t18-,24-/m0/s1/i/hD. The molecule has 0 aliphatic rings. The molecule has 1 rings (SSSR count). The third-order valence-corrected chi connectivity index (χ3v) is 5.06. The molecule has 0 unspecified atom stereocenters. The van der Waals surface area contributed by atoms with Crippen molar-refractivity contribution >= 4 is 35.7 Å². The number of benzene rings is 1. The van der Waals surface area contributed by atoms with Crippen LogP contribution in [0.15, 0.2) is 24.3 Å². The predicted molar refractivity (Wildman–Crippen MR) is 138 cm³/mol. The van der Waals surface area contributed by atoms with Crippen LogP contribution < -0.4 is 20.7 Å². The summed E-state index contributed by atoms with van der Waals surface area (Å²) < 4.78 is 23.1. The molecule has 0 heterocycles. The number of hydrogen-bond acceptors (Lipinski definition) is 9. The van der Waals surface area contributed by atoms with E-state index in [2.05, 4.69) is 10.6 Å². The molecule has 0 aromatic heterocycles. The van der Waals surface area contributed by atoms with E-state index < -0.39 is 54.2 Å². The number of phenols is 1. The first-order valence-corrected chi connectivity index (χ1v) is 12.2. The van der Waals surface area contributed by atoms with Crippen LogP contribution in [0, 0.1) is 5.92 Å². The first kappa shape index (κ1) is 30.1. The monoisotopic (exact) mass is 536 g/mol. The molecule has 0 bridgehead atoms. The van der Waals surface area contributed by atoms with Gasteiger partial charge in [-0.15, -0.1) is 0 Å². The number of ether oxygens (including phenoxy) is 3. The van der Waals surface area contributed by atoms with Gasteiger partial charge in [0.25, 0.3) is 0 Å². The number of phenolic OH excluding ortho intramolecular Hbond substituents is 1. The van der Waals surface area contributed by atoms with E-state index >= 15 is 0 Å². The van der Waals surface area contributed by atoms with Gasteiger partial charge in [0.15, 0.2) is 12.9 Å². The summed E-state index contributed by atoms with van der Waals surface area (Å²) in [5, 5.41) is 14.9. The number of esters is 2. The van der Waals surface area contributed by atoms with Crippen molar-refractivity contribution in [3.63, 3.8) is 0 Å². The minimum absolute atomic E-state index is 0.0513. The summed E-state index contributed by atoms with van der Waals surface area (Å²) in [6.45, 7) is 6.12. The van der Waals surface area contributed by atoms with Gasteiger partial charge in [-0.2, -0.15) is 0 Å². The molecule has 38 heavy (non-hydrogen) atoms. The summed E-state index contributed by atoms with van der Waals surface area (Å²) in [5.74, 6) is -3.95. The van der Waals surface area contributed by atoms with Gasteiger partial charge in [-0.3, -0.25) is 19.2 Å². The van der Waals surface area contributed by atoms with Crippen LogP contribution in [0.1, 0.15) is 46.1 Å². The highest BCUT2D eigenvalue weighted by atomic mass is 16.5. The van der Waals surface area contributed by atoms with E-state index in [1.165, 1.54) is 25.3 Å². The maximum atomic E-state index is 13.0. The van der Waals surface area contributed by atoms with E-state index in [1.807, 2.05) is 0 Å². The minimum atomic E-state index is -1.30. The fourth-order valence-electron chi connectivity index (χ4n) is 3.15. The van der Waals surface area contributed by atoms with Crippen LogP contribution in [-0.2, 0) is 33.4 Å². The van der Waals surface area contributed by atoms with Gasteiger partial charge < -0.3 is 35.3 Å². The Balaban J connectivity index is 2.82. The number of aromatic hydroxyl groups is 1. The molecule has 1 aromatic carbocycles. The molecular weight excluding hydrogens is 498 g/mol. The third-order valence-electron chi connectivity index (χ3n) is 5.06. The van der Waals surface area contributed by atoms with Gasteiger partial charge in [-0.1, -0.05) is 19.9 Å². The van der Waals surface area contributed by atoms with Crippen molar-refractivity contribution in [2.24, 2.45) is 5.92 Å². The lowest BCUT2D eigenvalue weighted by atomic mass is 10.0. The molecule has 12 nitrogen and oxygen atoms in total. The molecule has 0 spiro atoms. The lowest BCUT2D eigenvalue weighted by molar-refractivity contribution is -0.149. The summed E-state index contributed by atoms with van der Waals surface area (Å²) in [6, 6.07) is 1.99. The van der Waals surface area contributed by atoms with Crippen molar-refractivity contribution in [3.05, 3.63) is 29.8 Å². The minimum Gasteiger partial charge on any atom is -0.504 e. The molecule has 12 heteroatoms. The highest BCUT2D eigenvalue weighted by Crippen LogP contribution is 2.26. The van der Waals surface area contributed by atoms with E-state index in [0.717, 1.165) is 6.08 Å². The van der Waals surface area contributed by atoms with Gasteiger partial charge in [0.2, 0.25) is 17.7 Å². The molecule has 0 saturated heterocycles. The molecule has 0 aliphatic carbocycles. The van der Waals surface area contributed by atoms with E-state index in [9.17, 15) is 29.1 Å². The highest BCUT2D eigenvalue weighted by molar-refractivity contribution is 5.96. The Labute approximate surface area is 223 Å². The second-order valence-electron chi connectivity index (χ2n) is 8.35. The Morgan fingerprint density at radius 1 is 1.11 bits per heavy atom. The second kappa shape index (κ2) is 16.6. The van der Waals surface area contributed by atoms with Crippen molar-refractivity contribution in [1.82, 2.24) is 15.9 Å². The lowest BCUT2D eigenvalue weighted by Crippen LogP contribution is -2.55. The fourth-order valence-corrected chi connectivity index (χ4v) is 3.15. The summed E-state index contributed by atoms with van der Waals surface area (Å²) in [6.07, 6.45) is 2.36. The van der Waals surface area contributed by atoms with Crippen LogP contribution in [0.25, 0.3) is 6.08 Å². The zero-order valence-electron chi connectivity index (χ0n) is 23.3. The summed E-state index contributed by atoms with van der Waals surface area (Å²) in [5.41, 5.74) is 0.559. The molecule has 2 atom stereocenters. The first-order valence-electron chi connectivity index (χ1n) is 12.7. The zero-order valence-corrected chi connectivity index (χ0v) is 22.3. The molecule has 0 saturated carbocycles. The topological polar surface area (TPSA) is 169 Å². The van der Waals surface area contributed by atoms with Gasteiger partial charge in [-0.05, 0) is 50.0 Å². The van der Waals surface area contributed by atoms with Crippen molar-refractivity contribution in [1.29, 1.82) is 0 Å². The number of methoxy groups -OCH3 is 1. The largest absolute Gasteiger partial charge is 0.504 e. The maximum absolute atomic E-state index is 13.0. The molecular formula is C26H37N3O9. The summed E-state index contributed by atoms with van der Waals surface area (Å²) in [7, 11) is 1.39. The number of hydrogen-bond donors (Lipinski definition) is 4. The molecule has 210 valence electrons. The highest BCUT2D eigenvalue weighted by Gasteiger charge is 2.30. The van der Waals surface area contributed by atoms with Crippen LogP contribution in [0.3, 0.4) is 0 Å². The average Bonchev–Trinajstić information content (AvgIpc) is 2.89. The van der Waals surface area contributed by atoms with Crippen LogP contribution in [0.2, 0.25) is 1.41 Å². The number of carbonyl (C=O) groups excluding carboxylic acids is 5. The second-order valence-corrected chi connectivity index (χ2v) is 8.35. The lowest BCUT2D eigenvalue weighted by Gasteiger charge is -2.24. The summed E-state index contributed by atoms with van der Waals surface area (Å²) >= 11 is 0. The Morgan fingerprint density at radius 2 is 1.79 bits per heavy atom. The van der Waals surface area contributed by atoms with E-state index in [4.69, 9.17) is 15.6 Å². The van der Waals surface area contributed by atoms with Gasteiger partial charge >= 0.3 is 11.9 Å². The number of amides is 3. The number of carbonyl (C=O) groups is 5. The molecule has 0 radical (unpaired) electrons. The smallest absolute Gasteiger partial charge is 0.328 e. The maximum Gasteiger partial charge on any atom is 0.328 e. The SMILES string of the molecule is [2H]N(C(=O)CNC(=O)/C=C/c1ccc(O)c(OC)c1)[C@H](C(=O)N[C@@H](CCC(=O)OCC)C(=O)OCC)C(C)C. The fraction of sp³-hybridized carbons (Fsp3) is 0.500. The average molecular weight is 537 g/mol. The van der Waals surface area contributed by atoms with Gasteiger partial charge in [0, 0.05) is 12.5 Å². The van der Waals surface area contributed by atoms with Gasteiger partial charge in [0.05, 0.1) is 26.9 Å². The van der Waals surface area contributed by atoms with E-state index in [-0.39, 0.29) is 37.6 Å². The molecule has 0 fully saturated rings. The quantitative estimate of drug-likeness (QED) is 0.189. The summed E-state index contributed by atoms with van der Waals surface area (Å²) in [4.78, 5) is 61.9. The third kappa shape index (κ3) is 11.3. The van der Waals surface area contributed by atoms with Crippen LogP contribution >= 0.6 is 0 Å². The normalized spacial score (nSPS) is 12.7. The van der Waals surface area contributed by atoms with Gasteiger partial charge in [0.1, 0.15) is 12.1 Å². The number of rotatable bonds is 15.